The van der Waals surface area contributed by atoms with Crippen molar-refractivity contribution in [3.05, 3.63) is 89.7 Å². The van der Waals surface area contributed by atoms with Crippen LogP contribution < -0.4 is 0 Å². The van der Waals surface area contributed by atoms with Crippen molar-refractivity contribution < 1.29 is 0 Å². The summed E-state index contributed by atoms with van der Waals surface area (Å²) in [6, 6.07) is 24.1. The molecule has 0 unspecified atom stereocenters. The summed E-state index contributed by atoms with van der Waals surface area (Å²) in [6.45, 7) is 5.25. The van der Waals surface area contributed by atoms with E-state index in [2.05, 4.69) is 86.7 Å². The summed E-state index contributed by atoms with van der Waals surface area (Å²) in [6.07, 6.45) is 1.83. The molecule has 4 rings (SSSR count). The molecular weight excluding hydrogens is 308 g/mol. The first kappa shape index (κ1) is 16.1. The predicted octanol–water partition coefficient (Wildman–Crippen LogP) is 3.32. The molecule has 2 heterocycles. The van der Waals surface area contributed by atoms with Crippen molar-refractivity contribution in [1.82, 2.24) is 20.0 Å². The van der Waals surface area contributed by atoms with Gasteiger partial charge in [-0.1, -0.05) is 60.7 Å². The molecule has 1 saturated heterocycles. The van der Waals surface area contributed by atoms with Crippen LogP contribution in [0.15, 0.2) is 72.9 Å². The molecule has 128 valence electrons. The van der Waals surface area contributed by atoms with Gasteiger partial charge in [-0.05, 0) is 17.2 Å². The van der Waals surface area contributed by atoms with Crippen LogP contribution >= 0.6 is 0 Å². The largest absolute Gasteiger partial charge is 0.295 e. The van der Waals surface area contributed by atoms with E-state index in [-0.39, 0.29) is 0 Å². The van der Waals surface area contributed by atoms with Crippen LogP contribution in [0.5, 0.6) is 0 Å². The number of piperazine rings is 1. The van der Waals surface area contributed by atoms with Crippen LogP contribution in [0.3, 0.4) is 0 Å². The van der Waals surface area contributed by atoms with Gasteiger partial charge in [0, 0.05) is 44.6 Å². The minimum atomic E-state index is 0.330. The highest BCUT2D eigenvalue weighted by atomic mass is 15.3. The maximum Gasteiger partial charge on any atom is 0.0602 e. The summed E-state index contributed by atoms with van der Waals surface area (Å²) in [7, 11) is 0. The second kappa shape index (κ2) is 7.64. The fourth-order valence-electron chi connectivity index (χ4n) is 3.68. The highest BCUT2D eigenvalue weighted by Crippen LogP contribution is 2.29. The quantitative estimate of drug-likeness (QED) is 0.778. The molecule has 1 N–H and O–H groups in total. The molecule has 0 saturated carbocycles. The number of aromatic nitrogens is 2. The number of H-pyrrole nitrogens is 1. The standard InChI is InChI=1S/C21H24N4/c1-3-7-18(8-4-1)21(19-9-5-2-6-10-19)25-15-13-24(14-16-25)17-20-11-12-22-23-20/h1-12,21H,13-17H2,(H,22,23). The second-order valence-electron chi connectivity index (χ2n) is 6.62. The van der Waals surface area contributed by atoms with Gasteiger partial charge in [0.15, 0.2) is 0 Å². The number of hydrogen-bond acceptors (Lipinski definition) is 3. The Bertz CT molecular complexity index is 708. The first-order valence-corrected chi connectivity index (χ1v) is 8.95. The molecule has 3 aromatic rings. The van der Waals surface area contributed by atoms with E-state index in [1.165, 1.54) is 16.8 Å². The number of benzene rings is 2. The summed E-state index contributed by atoms with van der Waals surface area (Å²) in [5.41, 5.74) is 3.93. The Morgan fingerprint density at radius 3 is 1.92 bits per heavy atom. The molecule has 25 heavy (non-hydrogen) atoms. The van der Waals surface area contributed by atoms with Crippen molar-refractivity contribution in [1.29, 1.82) is 0 Å². The lowest BCUT2D eigenvalue weighted by Crippen LogP contribution is -2.47. The zero-order valence-electron chi connectivity index (χ0n) is 14.4. The van der Waals surface area contributed by atoms with Crippen molar-refractivity contribution in [3.63, 3.8) is 0 Å². The Balaban J connectivity index is 1.49. The monoisotopic (exact) mass is 332 g/mol. The van der Waals surface area contributed by atoms with E-state index in [9.17, 15) is 0 Å². The molecule has 0 bridgehead atoms. The maximum atomic E-state index is 4.05. The van der Waals surface area contributed by atoms with Gasteiger partial charge < -0.3 is 0 Å². The van der Waals surface area contributed by atoms with E-state index in [1.54, 1.807) is 0 Å². The lowest BCUT2D eigenvalue weighted by Gasteiger charge is -2.39. The van der Waals surface area contributed by atoms with Crippen molar-refractivity contribution >= 4 is 0 Å². The molecular formula is C21H24N4. The lowest BCUT2D eigenvalue weighted by molar-refractivity contribution is 0.104. The summed E-state index contributed by atoms with van der Waals surface area (Å²) in [5.74, 6) is 0. The van der Waals surface area contributed by atoms with E-state index in [4.69, 9.17) is 0 Å². The smallest absolute Gasteiger partial charge is 0.0602 e. The van der Waals surface area contributed by atoms with Crippen molar-refractivity contribution in [2.75, 3.05) is 26.2 Å². The Hall–Kier alpha value is -2.43. The molecule has 0 amide bonds. The lowest BCUT2D eigenvalue weighted by atomic mass is 9.96. The van der Waals surface area contributed by atoms with Crippen LogP contribution in [0.2, 0.25) is 0 Å². The van der Waals surface area contributed by atoms with Crippen molar-refractivity contribution in [3.8, 4) is 0 Å². The van der Waals surface area contributed by atoms with Gasteiger partial charge >= 0.3 is 0 Å². The Kier molecular flexibility index (Phi) is 4.91. The molecule has 2 aromatic carbocycles. The van der Waals surface area contributed by atoms with Gasteiger partial charge in [0.25, 0.3) is 0 Å². The highest BCUT2D eigenvalue weighted by Gasteiger charge is 2.26. The molecule has 0 aliphatic carbocycles. The minimum absolute atomic E-state index is 0.330. The summed E-state index contributed by atoms with van der Waals surface area (Å²) >= 11 is 0. The third-order valence-corrected chi connectivity index (χ3v) is 4.96. The first-order valence-electron chi connectivity index (χ1n) is 8.95. The van der Waals surface area contributed by atoms with Gasteiger partial charge in [-0.15, -0.1) is 0 Å². The maximum absolute atomic E-state index is 4.05. The second-order valence-corrected chi connectivity index (χ2v) is 6.62. The Morgan fingerprint density at radius 1 is 0.800 bits per heavy atom. The highest BCUT2D eigenvalue weighted by molar-refractivity contribution is 5.31. The van der Waals surface area contributed by atoms with E-state index in [1.807, 2.05) is 6.20 Å². The fraction of sp³-hybridized carbons (Fsp3) is 0.286. The predicted molar refractivity (Wildman–Crippen MR) is 100 cm³/mol. The third-order valence-electron chi connectivity index (χ3n) is 4.96. The number of rotatable bonds is 5. The minimum Gasteiger partial charge on any atom is -0.295 e. The van der Waals surface area contributed by atoms with E-state index >= 15 is 0 Å². The average Bonchev–Trinajstić information content (AvgIpc) is 3.18. The van der Waals surface area contributed by atoms with Gasteiger partial charge in [-0.25, -0.2) is 0 Å². The van der Waals surface area contributed by atoms with E-state index in [0.717, 1.165) is 32.7 Å². The van der Waals surface area contributed by atoms with E-state index in [0.29, 0.717) is 6.04 Å². The molecule has 0 atom stereocenters. The normalized spacial score (nSPS) is 16.4. The summed E-state index contributed by atoms with van der Waals surface area (Å²) in [5, 5.41) is 7.11. The zero-order valence-corrected chi connectivity index (χ0v) is 14.4. The summed E-state index contributed by atoms with van der Waals surface area (Å²) < 4.78 is 0. The topological polar surface area (TPSA) is 35.2 Å². The Morgan fingerprint density at radius 2 is 1.40 bits per heavy atom. The van der Waals surface area contributed by atoms with Crippen LogP contribution in [0.1, 0.15) is 22.9 Å². The molecule has 4 nitrogen and oxygen atoms in total. The van der Waals surface area contributed by atoms with Crippen LogP contribution in [-0.2, 0) is 6.54 Å². The van der Waals surface area contributed by atoms with Crippen molar-refractivity contribution in [2.24, 2.45) is 0 Å². The van der Waals surface area contributed by atoms with E-state index < -0.39 is 0 Å². The number of aromatic amines is 1. The van der Waals surface area contributed by atoms with Crippen LogP contribution in [-0.4, -0.2) is 46.2 Å². The van der Waals surface area contributed by atoms with Crippen LogP contribution in [0.25, 0.3) is 0 Å². The molecule has 1 aliphatic rings. The number of nitrogens with zero attached hydrogens (tertiary/aromatic N) is 3. The van der Waals surface area contributed by atoms with Gasteiger partial charge in [0.05, 0.1) is 6.04 Å². The SMILES string of the molecule is c1ccc(C(c2ccccc2)N2CCN(Cc3ccn[nH]3)CC2)cc1. The third kappa shape index (κ3) is 3.81. The van der Waals surface area contributed by atoms with Gasteiger partial charge in [0.1, 0.15) is 0 Å². The molecule has 4 heteroatoms. The Labute approximate surface area is 149 Å². The van der Waals surface area contributed by atoms with Gasteiger partial charge in [-0.3, -0.25) is 14.9 Å². The van der Waals surface area contributed by atoms with Gasteiger partial charge in [0.2, 0.25) is 0 Å². The summed E-state index contributed by atoms with van der Waals surface area (Å²) in [4.78, 5) is 5.10. The average molecular weight is 332 g/mol. The van der Waals surface area contributed by atoms with Gasteiger partial charge in [-0.2, -0.15) is 5.10 Å². The molecule has 1 fully saturated rings. The number of nitrogens with one attached hydrogen (secondary N) is 1. The molecule has 1 aliphatic heterocycles. The fourth-order valence-corrected chi connectivity index (χ4v) is 3.68. The molecule has 0 spiro atoms. The zero-order chi connectivity index (χ0) is 16.9. The first-order chi connectivity index (χ1) is 12.4. The van der Waals surface area contributed by atoms with Crippen molar-refractivity contribution in [2.45, 2.75) is 12.6 Å². The van der Waals surface area contributed by atoms with Crippen LogP contribution in [0, 0.1) is 0 Å². The molecule has 1 aromatic heterocycles. The van der Waals surface area contributed by atoms with Crippen LogP contribution in [0.4, 0.5) is 0 Å². The number of hydrogen-bond donors (Lipinski definition) is 1. The molecule has 0 radical (unpaired) electrons.